The standard InChI is InChI=1S/C16H28N6O3S/c1-4-19(3)26(24,25)21-10-8-20(9-11-21)15-6-5-7-22(16(15)23)14-12-17-18(2)13-14/h12-13,15H,4-11H2,1-3H3/t15-/m0/s1. The first kappa shape index (κ1) is 19.3. The number of hydrogen-bond donors (Lipinski definition) is 0. The van der Waals surface area contributed by atoms with E-state index in [0.29, 0.717) is 39.3 Å². The molecule has 2 fully saturated rings. The molecule has 1 amide bonds. The molecule has 26 heavy (non-hydrogen) atoms. The average molecular weight is 385 g/mol. The zero-order valence-corrected chi connectivity index (χ0v) is 16.5. The van der Waals surface area contributed by atoms with E-state index in [0.717, 1.165) is 18.5 Å². The summed E-state index contributed by atoms with van der Waals surface area (Å²) in [4.78, 5) is 16.9. The number of aryl methyl sites for hydroxylation is 1. The van der Waals surface area contributed by atoms with Gasteiger partial charge in [0, 0.05) is 59.6 Å². The number of anilines is 1. The van der Waals surface area contributed by atoms with Crippen molar-refractivity contribution in [1.82, 2.24) is 23.3 Å². The van der Waals surface area contributed by atoms with Crippen LogP contribution in [0.2, 0.25) is 0 Å². The van der Waals surface area contributed by atoms with Gasteiger partial charge in [-0.15, -0.1) is 0 Å². The van der Waals surface area contributed by atoms with Crippen molar-refractivity contribution in [2.75, 3.05) is 51.2 Å². The topological polar surface area (TPSA) is 82.0 Å². The first-order valence-electron chi connectivity index (χ1n) is 9.10. The lowest BCUT2D eigenvalue weighted by molar-refractivity contribution is -0.125. The van der Waals surface area contributed by atoms with Crippen LogP contribution in [-0.2, 0) is 22.1 Å². The molecule has 0 N–H and O–H groups in total. The van der Waals surface area contributed by atoms with Gasteiger partial charge in [-0.2, -0.15) is 22.1 Å². The van der Waals surface area contributed by atoms with Gasteiger partial charge in [0.25, 0.3) is 10.2 Å². The number of carbonyl (C=O) groups is 1. The van der Waals surface area contributed by atoms with Crippen LogP contribution in [0.3, 0.4) is 0 Å². The summed E-state index contributed by atoms with van der Waals surface area (Å²) in [5, 5.41) is 4.16. The normalized spacial score (nSPS) is 23.8. The van der Waals surface area contributed by atoms with Gasteiger partial charge >= 0.3 is 0 Å². The van der Waals surface area contributed by atoms with Gasteiger partial charge in [0.05, 0.1) is 17.9 Å². The minimum absolute atomic E-state index is 0.0891. The second-order valence-electron chi connectivity index (χ2n) is 6.88. The van der Waals surface area contributed by atoms with E-state index in [2.05, 4.69) is 10.00 Å². The van der Waals surface area contributed by atoms with Crippen LogP contribution in [0, 0.1) is 0 Å². The number of nitrogens with zero attached hydrogens (tertiary/aromatic N) is 6. The Morgan fingerprint density at radius 1 is 1.23 bits per heavy atom. The number of piperazine rings is 1. The molecule has 0 radical (unpaired) electrons. The van der Waals surface area contributed by atoms with Crippen molar-refractivity contribution in [2.45, 2.75) is 25.8 Å². The van der Waals surface area contributed by atoms with Crippen LogP contribution in [0.5, 0.6) is 0 Å². The summed E-state index contributed by atoms with van der Waals surface area (Å²) in [5.74, 6) is 0.0891. The van der Waals surface area contributed by atoms with Gasteiger partial charge in [-0.05, 0) is 12.8 Å². The smallest absolute Gasteiger partial charge is 0.281 e. The van der Waals surface area contributed by atoms with E-state index in [-0.39, 0.29) is 11.9 Å². The summed E-state index contributed by atoms with van der Waals surface area (Å²) in [6.07, 6.45) is 5.32. The van der Waals surface area contributed by atoms with Crippen molar-refractivity contribution in [3.63, 3.8) is 0 Å². The van der Waals surface area contributed by atoms with E-state index in [1.54, 1.807) is 22.8 Å². The third kappa shape index (κ3) is 3.64. The van der Waals surface area contributed by atoms with Crippen LogP contribution in [0.1, 0.15) is 19.8 Å². The van der Waals surface area contributed by atoms with E-state index in [9.17, 15) is 13.2 Å². The lowest BCUT2D eigenvalue weighted by Crippen LogP contribution is -2.59. The Hall–Kier alpha value is -1.49. The number of hydrogen-bond acceptors (Lipinski definition) is 5. The zero-order valence-electron chi connectivity index (χ0n) is 15.7. The van der Waals surface area contributed by atoms with Gasteiger partial charge in [-0.1, -0.05) is 6.92 Å². The summed E-state index contributed by atoms with van der Waals surface area (Å²) in [6.45, 7) is 4.97. The minimum atomic E-state index is -3.40. The van der Waals surface area contributed by atoms with Crippen molar-refractivity contribution in [2.24, 2.45) is 7.05 Å². The number of carbonyl (C=O) groups excluding carboxylic acids is 1. The van der Waals surface area contributed by atoms with E-state index in [4.69, 9.17) is 0 Å². The average Bonchev–Trinajstić information content (AvgIpc) is 3.07. The fraction of sp³-hybridized carbons (Fsp3) is 0.750. The molecule has 146 valence electrons. The first-order valence-corrected chi connectivity index (χ1v) is 10.5. The lowest BCUT2D eigenvalue weighted by atomic mass is 10.0. The Kier molecular flexibility index (Phi) is 5.66. The molecule has 10 heteroatoms. The molecule has 2 saturated heterocycles. The Balaban J connectivity index is 1.65. The highest BCUT2D eigenvalue weighted by molar-refractivity contribution is 7.86. The molecular weight excluding hydrogens is 356 g/mol. The fourth-order valence-corrected chi connectivity index (χ4v) is 4.95. The summed E-state index contributed by atoms with van der Waals surface area (Å²) in [6, 6.07) is -0.183. The van der Waals surface area contributed by atoms with E-state index in [1.165, 1.54) is 8.61 Å². The first-order chi connectivity index (χ1) is 12.3. The molecule has 0 unspecified atom stereocenters. The molecule has 2 aliphatic heterocycles. The maximum Gasteiger partial charge on any atom is 0.281 e. The third-order valence-electron chi connectivity index (χ3n) is 5.29. The molecule has 0 bridgehead atoms. The van der Waals surface area contributed by atoms with Crippen LogP contribution in [0.4, 0.5) is 5.69 Å². The lowest BCUT2D eigenvalue weighted by Gasteiger charge is -2.42. The number of amides is 1. The number of aromatic nitrogens is 2. The Bertz CT molecular complexity index is 741. The highest BCUT2D eigenvalue weighted by atomic mass is 32.2. The van der Waals surface area contributed by atoms with Crippen LogP contribution < -0.4 is 4.90 Å². The zero-order chi connectivity index (χ0) is 18.9. The van der Waals surface area contributed by atoms with Gasteiger partial charge in [-0.25, -0.2) is 0 Å². The third-order valence-corrected chi connectivity index (χ3v) is 7.36. The second-order valence-corrected chi connectivity index (χ2v) is 8.91. The second kappa shape index (κ2) is 7.63. The van der Waals surface area contributed by atoms with Crippen molar-refractivity contribution < 1.29 is 13.2 Å². The van der Waals surface area contributed by atoms with Crippen LogP contribution in [0.15, 0.2) is 12.4 Å². The summed E-state index contributed by atoms with van der Waals surface area (Å²) >= 11 is 0. The van der Waals surface area contributed by atoms with Gasteiger partial charge < -0.3 is 4.90 Å². The molecular formula is C16H28N6O3S. The Morgan fingerprint density at radius 2 is 1.92 bits per heavy atom. The van der Waals surface area contributed by atoms with Crippen LogP contribution >= 0.6 is 0 Å². The summed E-state index contributed by atoms with van der Waals surface area (Å²) < 4.78 is 29.5. The van der Waals surface area contributed by atoms with Crippen LogP contribution in [0.25, 0.3) is 0 Å². The molecule has 0 aromatic carbocycles. The molecule has 3 rings (SSSR count). The van der Waals surface area contributed by atoms with Gasteiger partial charge in [0.1, 0.15) is 0 Å². The predicted molar refractivity (Wildman–Crippen MR) is 99.0 cm³/mol. The largest absolute Gasteiger partial charge is 0.308 e. The van der Waals surface area contributed by atoms with Crippen molar-refractivity contribution in [3.05, 3.63) is 12.4 Å². The highest BCUT2D eigenvalue weighted by Crippen LogP contribution is 2.24. The van der Waals surface area contributed by atoms with Gasteiger partial charge in [0.2, 0.25) is 5.91 Å². The molecule has 9 nitrogen and oxygen atoms in total. The Labute approximate surface area is 155 Å². The minimum Gasteiger partial charge on any atom is -0.308 e. The molecule has 0 aliphatic carbocycles. The summed E-state index contributed by atoms with van der Waals surface area (Å²) in [5.41, 5.74) is 0.827. The van der Waals surface area contributed by atoms with E-state index in [1.807, 2.05) is 20.2 Å². The Morgan fingerprint density at radius 3 is 2.50 bits per heavy atom. The van der Waals surface area contributed by atoms with Gasteiger partial charge in [-0.3, -0.25) is 14.4 Å². The predicted octanol–water partition coefficient (Wildman–Crippen LogP) is -0.270. The highest BCUT2D eigenvalue weighted by Gasteiger charge is 2.38. The quantitative estimate of drug-likeness (QED) is 0.698. The monoisotopic (exact) mass is 384 g/mol. The molecule has 0 spiro atoms. The number of rotatable bonds is 5. The fourth-order valence-electron chi connectivity index (χ4n) is 3.61. The van der Waals surface area contributed by atoms with Crippen molar-refractivity contribution in [3.8, 4) is 0 Å². The maximum absolute atomic E-state index is 13.0. The molecule has 3 heterocycles. The van der Waals surface area contributed by atoms with Crippen molar-refractivity contribution >= 4 is 21.8 Å². The molecule has 1 aromatic heterocycles. The maximum atomic E-state index is 13.0. The van der Waals surface area contributed by atoms with Crippen LogP contribution in [-0.4, -0.2) is 90.0 Å². The molecule has 0 saturated carbocycles. The van der Waals surface area contributed by atoms with Gasteiger partial charge in [0.15, 0.2) is 0 Å². The van der Waals surface area contributed by atoms with E-state index >= 15 is 0 Å². The summed E-state index contributed by atoms with van der Waals surface area (Å²) in [7, 11) is 0.0339. The molecule has 1 atom stereocenters. The molecule has 1 aromatic rings. The van der Waals surface area contributed by atoms with Crippen molar-refractivity contribution in [1.29, 1.82) is 0 Å². The van der Waals surface area contributed by atoms with E-state index < -0.39 is 10.2 Å². The molecule has 2 aliphatic rings. The SMILES string of the molecule is CCN(C)S(=O)(=O)N1CCN([C@H]2CCCN(c3cnn(C)c3)C2=O)CC1. The number of piperidine rings is 1.